The Balaban J connectivity index is 2.27. The molecule has 0 aliphatic carbocycles. The van der Waals surface area contributed by atoms with Crippen LogP contribution in [0.2, 0.25) is 0 Å². The third-order valence-electron chi connectivity index (χ3n) is 3.61. The summed E-state index contributed by atoms with van der Waals surface area (Å²) in [6.45, 7) is 5.89. The van der Waals surface area contributed by atoms with Gasteiger partial charge in [-0.1, -0.05) is 12.8 Å². The molecule has 0 amide bonds. The molecule has 2 heterocycles. The van der Waals surface area contributed by atoms with E-state index in [0.717, 1.165) is 36.4 Å². The van der Waals surface area contributed by atoms with Gasteiger partial charge in [-0.25, -0.2) is 0 Å². The molecule has 0 saturated carbocycles. The van der Waals surface area contributed by atoms with E-state index in [-0.39, 0.29) is 0 Å². The lowest BCUT2D eigenvalue weighted by atomic mass is 10.1. The largest absolute Gasteiger partial charge is 0.480 e. The van der Waals surface area contributed by atoms with Gasteiger partial charge in [-0.15, -0.1) is 11.3 Å². The highest BCUT2D eigenvalue weighted by Gasteiger charge is 2.29. The summed E-state index contributed by atoms with van der Waals surface area (Å²) in [5, 5.41) is 9.57. The van der Waals surface area contributed by atoms with Gasteiger partial charge in [-0.3, -0.25) is 9.69 Å². The first-order chi connectivity index (χ1) is 8.59. The second-order valence-corrected chi connectivity index (χ2v) is 6.52. The molecule has 1 N–H and O–H groups in total. The van der Waals surface area contributed by atoms with Crippen LogP contribution in [0.25, 0.3) is 0 Å². The number of likely N-dealkylation sites (tertiary alicyclic amines) is 1. The number of hydrogen-bond acceptors (Lipinski definition) is 3. The predicted molar refractivity (Wildman–Crippen MR) is 74.2 cm³/mol. The van der Waals surface area contributed by atoms with Gasteiger partial charge in [0.15, 0.2) is 0 Å². The van der Waals surface area contributed by atoms with E-state index >= 15 is 0 Å². The molecule has 1 aliphatic rings. The number of thiophene rings is 1. The van der Waals surface area contributed by atoms with Crippen molar-refractivity contribution >= 4 is 17.3 Å². The third kappa shape index (κ3) is 2.93. The molecule has 4 heteroatoms. The molecule has 0 bridgehead atoms. The first kappa shape index (κ1) is 13.6. The summed E-state index contributed by atoms with van der Waals surface area (Å²) in [6, 6.07) is 1.59. The minimum atomic E-state index is -0.710. The fraction of sp³-hybridized carbons (Fsp3) is 0.643. The van der Waals surface area contributed by atoms with E-state index in [0.29, 0.717) is 0 Å². The van der Waals surface area contributed by atoms with Crippen molar-refractivity contribution < 1.29 is 9.90 Å². The molecule has 2 rings (SSSR count). The molecular weight excluding hydrogens is 246 g/mol. The Kier molecular flexibility index (Phi) is 4.40. The van der Waals surface area contributed by atoms with E-state index in [2.05, 4.69) is 4.90 Å². The van der Waals surface area contributed by atoms with E-state index in [1.165, 1.54) is 17.7 Å². The molecule has 1 fully saturated rings. The molecule has 1 unspecified atom stereocenters. The third-order valence-corrected chi connectivity index (χ3v) is 4.60. The highest BCUT2D eigenvalue weighted by molar-refractivity contribution is 7.12. The van der Waals surface area contributed by atoms with Crippen LogP contribution in [-0.4, -0.2) is 29.1 Å². The smallest absolute Gasteiger partial charge is 0.325 e. The highest BCUT2D eigenvalue weighted by atomic mass is 32.1. The highest BCUT2D eigenvalue weighted by Crippen LogP contribution is 2.31. The molecule has 1 atom stereocenters. The zero-order chi connectivity index (χ0) is 13.1. The summed E-state index contributed by atoms with van der Waals surface area (Å²) >= 11 is 1.69. The van der Waals surface area contributed by atoms with Gasteiger partial charge in [0, 0.05) is 9.75 Å². The van der Waals surface area contributed by atoms with Gasteiger partial charge in [0.05, 0.1) is 0 Å². The van der Waals surface area contributed by atoms with E-state index in [1.807, 2.05) is 19.9 Å². The Morgan fingerprint density at radius 1 is 1.28 bits per heavy atom. The first-order valence-corrected chi connectivity index (χ1v) is 7.45. The molecule has 18 heavy (non-hydrogen) atoms. The average molecular weight is 267 g/mol. The van der Waals surface area contributed by atoms with Crippen LogP contribution in [0.1, 0.15) is 47.0 Å². The van der Waals surface area contributed by atoms with Crippen molar-refractivity contribution in [1.82, 2.24) is 4.90 Å². The average Bonchev–Trinajstić information content (AvgIpc) is 2.54. The second-order valence-electron chi connectivity index (χ2n) is 5.06. The Hall–Kier alpha value is -0.870. The summed E-state index contributed by atoms with van der Waals surface area (Å²) in [7, 11) is 0. The van der Waals surface area contributed by atoms with Crippen LogP contribution < -0.4 is 0 Å². The van der Waals surface area contributed by atoms with Crippen LogP contribution >= 0.6 is 11.3 Å². The lowest BCUT2D eigenvalue weighted by Gasteiger charge is -2.27. The molecule has 0 aromatic carbocycles. The Morgan fingerprint density at radius 2 is 1.89 bits per heavy atom. The van der Waals surface area contributed by atoms with Gasteiger partial charge in [0.25, 0.3) is 0 Å². The SMILES string of the molecule is Cc1cc(C(C(=O)O)N2CCCCCC2)c(C)s1. The normalized spacial score (nSPS) is 19.4. The number of carbonyl (C=O) groups is 1. The summed E-state index contributed by atoms with van der Waals surface area (Å²) in [5.74, 6) is -0.710. The second kappa shape index (κ2) is 5.85. The number of aliphatic carboxylic acids is 1. The maximum atomic E-state index is 11.6. The van der Waals surface area contributed by atoms with Crippen LogP contribution in [0.4, 0.5) is 0 Å². The van der Waals surface area contributed by atoms with Crippen molar-refractivity contribution in [2.45, 2.75) is 45.6 Å². The molecule has 3 nitrogen and oxygen atoms in total. The maximum Gasteiger partial charge on any atom is 0.325 e. The van der Waals surface area contributed by atoms with Crippen molar-refractivity contribution in [3.63, 3.8) is 0 Å². The quantitative estimate of drug-likeness (QED) is 0.913. The number of aryl methyl sites for hydroxylation is 2. The molecular formula is C14H21NO2S. The Labute approximate surface area is 112 Å². The first-order valence-electron chi connectivity index (χ1n) is 6.63. The van der Waals surface area contributed by atoms with Gasteiger partial charge in [-0.2, -0.15) is 0 Å². The molecule has 0 spiro atoms. The van der Waals surface area contributed by atoms with Gasteiger partial charge in [0.2, 0.25) is 0 Å². The van der Waals surface area contributed by atoms with Gasteiger partial charge < -0.3 is 5.11 Å². The summed E-state index contributed by atoms with van der Waals surface area (Å²) in [6.07, 6.45) is 4.69. The maximum absolute atomic E-state index is 11.6. The van der Waals surface area contributed by atoms with Crippen LogP contribution in [0.3, 0.4) is 0 Å². The predicted octanol–water partition coefficient (Wildman–Crippen LogP) is 3.37. The monoisotopic (exact) mass is 267 g/mol. The fourth-order valence-corrected chi connectivity index (χ4v) is 3.72. The topological polar surface area (TPSA) is 40.5 Å². The van der Waals surface area contributed by atoms with E-state index in [9.17, 15) is 9.90 Å². The lowest BCUT2D eigenvalue weighted by molar-refractivity contribution is -0.143. The van der Waals surface area contributed by atoms with Crippen LogP contribution in [-0.2, 0) is 4.79 Å². The lowest BCUT2D eigenvalue weighted by Crippen LogP contribution is -2.35. The van der Waals surface area contributed by atoms with Gasteiger partial charge in [-0.05, 0) is 51.4 Å². The van der Waals surface area contributed by atoms with Crippen molar-refractivity contribution in [3.05, 3.63) is 21.4 Å². The number of nitrogens with zero attached hydrogens (tertiary/aromatic N) is 1. The van der Waals surface area contributed by atoms with Crippen molar-refractivity contribution in [3.8, 4) is 0 Å². The molecule has 1 saturated heterocycles. The zero-order valence-corrected chi connectivity index (χ0v) is 11.9. The van der Waals surface area contributed by atoms with E-state index < -0.39 is 12.0 Å². The van der Waals surface area contributed by atoms with Crippen LogP contribution in [0.15, 0.2) is 6.07 Å². The summed E-state index contributed by atoms with van der Waals surface area (Å²) in [4.78, 5) is 16.1. The minimum Gasteiger partial charge on any atom is -0.480 e. The zero-order valence-electron chi connectivity index (χ0n) is 11.1. The van der Waals surface area contributed by atoms with Crippen molar-refractivity contribution in [2.75, 3.05) is 13.1 Å². The standard InChI is InChI=1S/C14H21NO2S/c1-10-9-12(11(2)18-10)13(14(16)17)15-7-5-3-4-6-8-15/h9,13H,3-8H2,1-2H3,(H,16,17). The van der Waals surface area contributed by atoms with Crippen LogP contribution in [0.5, 0.6) is 0 Å². The molecule has 100 valence electrons. The van der Waals surface area contributed by atoms with Gasteiger partial charge >= 0.3 is 5.97 Å². The van der Waals surface area contributed by atoms with Crippen LogP contribution in [0, 0.1) is 13.8 Å². The van der Waals surface area contributed by atoms with Crippen molar-refractivity contribution in [1.29, 1.82) is 0 Å². The number of hydrogen-bond donors (Lipinski definition) is 1. The molecule has 1 aromatic heterocycles. The molecule has 1 aromatic rings. The Bertz CT molecular complexity index is 419. The summed E-state index contributed by atoms with van der Waals surface area (Å²) in [5.41, 5.74) is 0.993. The van der Waals surface area contributed by atoms with Gasteiger partial charge in [0.1, 0.15) is 6.04 Å². The van der Waals surface area contributed by atoms with E-state index in [4.69, 9.17) is 0 Å². The molecule has 1 aliphatic heterocycles. The van der Waals surface area contributed by atoms with E-state index in [1.54, 1.807) is 11.3 Å². The number of rotatable bonds is 3. The number of carboxylic acids is 1. The Morgan fingerprint density at radius 3 is 2.33 bits per heavy atom. The minimum absolute atomic E-state index is 0.451. The number of carboxylic acid groups (broad SMARTS) is 1. The molecule has 0 radical (unpaired) electrons. The summed E-state index contributed by atoms with van der Waals surface area (Å²) < 4.78 is 0. The van der Waals surface area contributed by atoms with Crippen molar-refractivity contribution in [2.24, 2.45) is 0 Å². The fourth-order valence-electron chi connectivity index (χ4n) is 2.76.